The number of ether oxygens (including phenoxy) is 1. The van der Waals surface area contributed by atoms with Crippen LogP contribution in [0.4, 0.5) is 5.69 Å². The number of nitrogens with one attached hydrogen (secondary N) is 1. The molecule has 1 N–H and O–H groups in total. The average Bonchev–Trinajstić information content (AvgIpc) is 2.91. The molecule has 144 valence electrons. The van der Waals surface area contributed by atoms with E-state index < -0.39 is 29.8 Å². The molecular formula is C21H20N2O5. The van der Waals surface area contributed by atoms with Crippen molar-refractivity contribution in [2.45, 2.75) is 26.4 Å². The van der Waals surface area contributed by atoms with E-state index in [4.69, 9.17) is 4.74 Å². The van der Waals surface area contributed by atoms with Gasteiger partial charge >= 0.3 is 5.97 Å². The molecule has 0 saturated heterocycles. The average molecular weight is 380 g/mol. The zero-order chi connectivity index (χ0) is 20.3. The van der Waals surface area contributed by atoms with Gasteiger partial charge in [-0.05, 0) is 43.7 Å². The van der Waals surface area contributed by atoms with Crippen molar-refractivity contribution in [1.82, 2.24) is 4.90 Å². The molecule has 28 heavy (non-hydrogen) atoms. The van der Waals surface area contributed by atoms with Crippen molar-refractivity contribution in [1.29, 1.82) is 0 Å². The highest BCUT2D eigenvalue weighted by Gasteiger charge is 2.35. The first-order chi connectivity index (χ1) is 13.4. The quantitative estimate of drug-likeness (QED) is 0.614. The van der Waals surface area contributed by atoms with Crippen molar-refractivity contribution < 1.29 is 23.9 Å². The highest BCUT2D eigenvalue weighted by atomic mass is 16.5. The van der Waals surface area contributed by atoms with Crippen LogP contribution >= 0.6 is 0 Å². The van der Waals surface area contributed by atoms with E-state index in [1.807, 2.05) is 19.1 Å². The minimum atomic E-state index is -1.00. The molecule has 1 unspecified atom stereocenters. The van der Waals surface area contributed by atoms with Gasteiger partial charge in [0.25, 0.3) is 17.7 Å². The SMILES string of the molecule is Cc1cccc(NC(=O)C(C)OC(=O)CCN2C(=O)c3ccccc3C2=O)c1. The molecule has 0 radical (unpaired) electrons. The van der Waals surface area contributed by atoms with Crippen molar-refractivity contribution in [3.63, 3.8) is 0 Å². The van der Waals surface area contributed by atoms with E-state index in [0.717, 1.165) is 10.5 Å². The number of hydrogen-bond acceptors (Lipinski definition) is 5. The highest BCUT2D eigenvalue weighted by molar-refractivity contribution is 6.21. The third-order valence-corrected chi connectivity index (χ3v) is 4.38. The molecule has 7 heteroatoms. The largest absolute Gasteiger partial charge is 0.452 e. The summed E-state index contributed by atoms with van der Waals surface area (Å²) in [5.74, 6) is -1.99. The van der Waals surface area contributed by atoms with Gasteiger partial charge in [-0.15, -0.1) is 0 Å². The number of benzene rings is 2. The van der Waals surface area contributed by atoms with Crippen LogP contribution in [-0.4, -0.2) is 41.2 Å². The number of aryl methyl sites for hydroxylation is 1. The molecule has 0 bridgehead atoms. The monoisotopic (exact) mass is 380 g/mol. The zero-order valence-electron chi connectivity index (χ0n) is 15.6. The maximum atomic E-state index is 12.3. The standard InChI is InChI=1S/C21H20N2O5/c1-13-6-5-7-15(12-13)22-19(25)14(2)28-18(24)10-11-23-20(26)16-8-3-4-9-17(16)21(23)27/h3-9,12,14H,10-11H2,1-2H3,(H,22,25). The van der Waals surface area contributed by atoms with E-state index in [1.54, 1.807) is 36.4 Å². The summed E-state index contributed by atoms with van der Waals surface area (Å²) in [6.45, 7) is 3.26. The Balaban J connectivity index is 1.51. The number of carbonyl (C=O) groups excluding carboxylic acids is 4. The van der Waals surface area contributed by atoms with Gasteiger partial charge in [-0.1, -0.05) is 24.3 Å². The Kier molecular flexibility index (Phi) is 5.54. The molecule has 0 aromatic heterocycles. The van der Waals surface area contributed by atoms with Crippen LogP contribution in [0.5, 0.6) is 0 Å². The van der Waals surface area contributed by atoms with Crippen LogP contribution in [0.3, 0.4) is 0 Å². The second-order valence-corrected chi connectivity index (χ2v) is 6.55. The lowest BCUT2D eigenvalue weighted by Gasteiger charge is -2.16. The number of nitrogens with zero attached hydrogens (tertiary/aromatic N) is 1. The van der Waals surface area contributed by atoms with E-state index >= 15 is 0 Å². The molecule has 0 fully saturated rings. The fourth-order valence-electron chi connectivity index (χ4n) is 2.92. The molecule has 1 atom stereocenters. The van der Waals surface area contributed by atoms with Gasteiger partial charge in [-0.25, -0.2) is 0 Å². The zero-order valence-corrected chi connectivity index (χ0v) is 15.6. The van der Waals surface area contributed by atoms with E-state index in [1.165, 1.54) is 6.92 Å². The van der Waals surface area contributed by atoms with Crippen LogP contribution < -0.4 is 5.32 Å². The van der Waals surface area contributed by atoms with Gasteiger partial charge in [0.05, 0.1) is 17.5 Å². The van der Waals surface area contributed by atoms with E-state index in [0.29, 0.717) is 16.8 Å². The lowest BCUT2D eigenvalue weighted by Crippen LogP contribution is -2.34. The van der Waals surface area contributed by atoms with Crippen LogP contribution in [0.15, 0.2) is 48.5 Å². The molecule has 2 aromatic carbocycles. The predicted octanol–water partition coefficient (Wildman–Crippen LogP) is 2.55. The Hall–Kier alpha value is -3.48. The van der Waals surface area contributed by atoms with Crippen LogP contribution in [0.2, 0.25) is 0 Å². The number of esters is 1. The second kappa shape index (κ2) is 8.04. The number of carbonyl (C=O) groups is 4. The first-order valence-corrected chi connectivity index (χ1v) is 8.89. The smallest absolute Gasteiger partial charge is 0.308 e. The Morgan fingerprint density at radius 3 is 2.29 bits per heavy atom. The summed E-state index contributed by atoms with van der Waals surface area (Å²) >= 11 is 0. The highest BCUT2D eigenvalue weighted by Crippen LogP contribution is 2.22. The fraction of sp³-hybridized carbons (Fsp3) is 0.238. The number of anilines is 1. The topological polar surface area (TPSA) is 92.8 Å². The molecule has 1 aliphatic rings. The van der Waals surface area contributed by atoms with Crippen molar-refractivity contribution >= 4 is 29.4 Å². The Labute approximate surface area is 162 Å². The molecule has 0 spiro atoms. The van der Waals surface area contributed by atoms with Crippen molar-refractivity contribution in [2.24, 2.45) is 0 Å². The summed E-state index contributed by atoms with van der Waals surface area (Å²) in [5, 5.41) is 2.68. The predicted molar refractivity (Wildman–Crippen MR) is 102 cm³/mol. The van der Waals surface area contributed by atoms with E-state index in [2.05, 4.69) is 5.32 Å². The summed E-state index contributed by atoms with van der Waals surface area (Å²) < 4.78 is 5.12. The summed E-state index contributed by atoms with van der Waals surface area (Å²) in [6.07, 6.45) is -1.19. The molecule has 3 rings (SSSR count). The van der Waals surface area contributed by atoms with Gasteiger partial charge in [-0.2, -0.15) is 0 Å². The lowest BCUT2D eigenvalue weighted by atomic mass is 10.1. The summed E-state index contributed by atoms with van der Waals surface area (Å²) in [6, 6.07) is 13.8. The fourth-order valence-corrected chi connectivity index (χ4v) is 2.92. The Morgan fingerprint density at radius 2 is 1.68 bits per heavy atom. The van der Waals surface area contributed by atoms with Gasteiger partial charge < -0.3 is 10.1 Å². The third-order valence-electron chi connectivity index (χ3n) is 4.38. The number of fused-ring (bicyclic) bond motifs is 1. The summed E-state index contributed by atoms with van der Waals surface area (Å²) in [5.41, 5.74) is 2.25. The van der Waals surface area contributed by atoms with E-state index in [-0.39, 0.29) is 13.0 Å². The Bertz CT molecular complexity index is 918. The maximum Gasteiger partial charge on any atom is 0.308 e. The van der Waals surface area contributed by atoms with Gasteiger partial charge in [0.1, 0.15) is 0 Å². The third kappa shape index (κ3) is 4.09. The molecule has 2 aromatic rings. The second-order valence-electron chi connectivity index (χ2n) is 6.55. The van der Waals surface area contributed by atoms with Crippen molar-refractivity contribution in [3.8, 4) is 0 Å². The normalized spacial score (nSPS) is 13.9. The van der Waals surface area contributed by atoms with Crippen molar-refractivity contribution in [2.75, 3.05) is 11.9 Å². The lowest BCUT2D eigenvalue weighted by molar-refractivity contribution is -0.153. The molecule has 1 aliphatic heterocycles. The minimum absolute atomic E-state index is 0.0998. The van der Waals surface area contributed by atoms with Gasteiger partial charge in [-0.3, -0.25) is 24.1 Å². The summed E-state index contributed by atoms with van der Waals surface area (Å²) in [4.78, 5) is 49.8. The Morgan fingerprint density at radius 1 is 1.04 bits per heavy atom. The first-order valence-electron chi connectivity index (χ1n) is 8.89. The van der Waals surface area contributed by atoms with Crippen LogP contribution in [-0.2, 0) is 14.3 Å². The van der Waals surface area contributed by atoms with Crippen LogP contribution in [0.25, 0.3) is 0 Å². The molecule has 0 saturated carbocycles. The summed E-state index contributed by atoms with van der Waals surface area (Å²) in [7, 11) is 0. The molecule has 0 aliphatic carbocycles. The number of amides is 3. The van der Waals surface area contributed by atoms with E-state index in [9.17, 15) is 19.2 Å². The van der Waals surface area contributed by atoms with Gasteiger partial charge in [0, 0.05) is 12.2 Å². The molecule has 1 heterocycles. The number of imide groups is 1. The minimum Gasteiger partial charge on any atom is -0.452 e. The number of rotatable bonds is 6. The molecule has 7 nitrogen and oxygen atoms in total. The number of hydrogen-bond donors (Lipinski definition) is 1. The van der Waals surface area contributed by atoms with Gasteiger partial charge in [0.2, 0.25) is 0 Å². The first kappa shape index (κ1) is 19.3. The van der Waals surface area contributed by atoms with Crippen LogP contribution in [0.1, 0.15) is 39.6 Å². The van der Waals surface area contributed by atoms with Crippen molar-refractivity contribution in [3.05, 3.63) is 65.2 Å². The van der Waals surface area contributed by atoms with Gasteiger partial charge in [0.15, 0.2) is 6.10 Å². The molecule has 3 amide bonds. The molecular weight excluding hydrogens is 360 g/mol. The van der Waals surface area contributed by atoms with Crippen LogP contribution in [0, 0.1) is 6.92 Å². The maximum absolute atomic E-state index is 12.3.